The molecular formula is C19H20ClFN2O. The number of amides is 1. The maximum absolute atomic E-state index is 13.1. The molecule has 0 aliphatic carbocycles. The Morgan fingerprint density at radius 1 is 1.04 bits per heavy atom. The first-order valence-electron chi connectivity index (χ1n) is 8.10. The van der Waals surface area contributed by atoms with E-state index in [2.05, 4.69) is 4.90 Å². The van der Waals surface area contributed by atoms with E-state index in [0.29, 0.717) is 31.1 Å². The summed E-state index contributed by atoms with van der Waals surface area (Å²) in [6.45, 7) is 3.71. The van der Waals surface area contributed by atoms with Gasteiger partial charge in [0.05, 0.1) is 6.42 Å². The van der Waals surface area contributed by atoms with Gasteiger partial charge < -0.3 is 4.90 Å². The largest absolute Gasteiger partial charge is 0.340 e. The van der Waals surface area contributed by atoms with Crippen molar-refractivity contribution in [1.29, 1.82) is 0 Å². The van der Waals surface area contributed by atoms with Crippen LogP contribution in [0.3, 0.4) is 0 Å². The van der Waals surface area contributed by atoms with Gasteiger partial charge >= 0.3 is 0 Å². The van der Waals surface area contributed by atoms with Crippen molar-refractivity contribution < 1.29 is 9.18 Å². The zero-order valence-electron chi connectivity index (χ0n) is 13.4. The van der Waals surface area contributed by atoms with Crippen LogP contribution in [0.5, 0.6) is 0 Å². The Labute approximate surface area is 146 Å². The normalized spacial score (nSPS) is 15.5. The first kappa shape index (κ1) is 16.9. The molecule has 0 atom stereocenters. The summed E-state index contributed by atoms with van der Waals surface area (Å²) >= 11 is 6.09. The number of benzene rings is 2. The van der Waals surface area contributed by atoms with Crippen molar-refractivity contribution in [3.63, 3.8) is 0 Å². The van der Waals surface area contributed by atoms with E-state index in [-0.39, 0.29) is 11.7 Å². The monoisotopic (exact) mass is 346 g/mol. The molecule has 126 valence electrons. The number of carbonyl (C=O) groups excluding carboxylic acids is 1. The number of piperazine rings is 1. The minimum atomic E-state index is -0.319. The fraction of sp³-hybridized carbons (Fsp3) is 0.316. The second-order valence-electron chi connectivity index (χ2n) is 6.06. The SMILES string of the molecule is O=C(Cc1ccccc1)N1CCN(Cc2ccc(F)cc2Cl)CC1. The van der Waals surface area contributed by atoms with E-state index in [1.807, 2.05) is 35.2 Å². The molecule has 5 heteroatoms. The van der Waals surface area contributed by atoms with E-state index in [1.54, 1.807) is 6.07 Å². The quantitative estimate of drug-likeness (QED) is 0.847. The second kappa shape index (κ2) is 7.77. The van der Waals surface area contributed by atoms with Gasteiger partial charge in [0.1, 0.15) is 5.82 Å². The van der Waals surface area contributed by atoms with Crippen LogP contribution in [0.15, 0.2) is 48.5 Å². The molecule has 1 saturated heterocycles. The van der Waals surface area contributed by atoms with Gasteiger partial charge in [-0.1, -0.05) is 48.0 Å². The lowest BCUT2D eigenvalue weighted by Gasteiger charge is -2.35. The number of halogens is 2. The average molecular weight is 347 g/mol. The van der Waals surface area contributed by atoms with Crippen LogP contribution in [-0.4, -0.2) is 41.9 Å². The molecule has 0 spiro atoms. The van der Waals surface area contributed by atoms with Crippen LogP contribution in [0.25, 0.3) is 0 Å². The van der Waals surface area contributed by atoms with Crippen LogP contribution in [-0.2, 0) is 17.8 Å². The number of carbonyl (C=O) groups is 1. The number of rotatable bonds is 4. The van der Waals surface area contributed by atoms with Crippen LogP contribution < -0.4 is 0 Å². The van der Waals surface area contributed by atoms with Gasteiger partial charge in [-0.2, -0.15) is 0 Å². The average Bonchev–Trinajstić information content (AvgIpc) is 2.59. The Bertz CT molecular complexity index is 700. The van der Waals surface area contributed by atoms with Crippen LogP contribution >= 0.6 is 11.6 Å². The van der Waals surface area contributed by atoms with Crippen molar-refractivity contribution >= 4 is 17.5 Å². The van der Waals surface area contributed by atoms with Gasteiger partial charge in [0.2, 0.25) is 5.91 Å². The van der Waals surface area contributed by atoms with Crippen LogP contribution in [0, 0.1) is 5.82 Å². The summed E-state index contributed by atoms with van der Waals surface area (Å²) in [6, 6.07) is 14.3. The predicted molar refractivity (Wildman–Crippen MR) is 93.4 cm³/mol. The van der Waals surface area contributed by atoms with Gasteiger partial charge in [0, 0.05) is 37.7 Å². The van der Waals surface area contributed by atoms with E-state index < -0.39 is 0 Å². The molecule has 3 nitrogen and oxygen atoms in total. The van der Waals surface area contributed by atoms with Crippen LogP contribution in [0.2, 0.25) is 5.02 Å². The maximum atomic E-state index is 13.1. The fourth-order valence-electron chi connectivity index (χ4n) is 2.93. The molecule has 0 unspecified atom stereocenters. The summed E-state index contributed by atoms with van der Waals surface area (Å²) in [4.78, 5) is 16.5. The van der Waals surface area contributed by atoms with Gasteiger partial charge in [0.25, 0.3) is 0 Å². The first-order chi connectivity index (χ1) is 11.6. The molecule has 0 radical (unpaired) electrons. The molecule has 0 saturated carbocycles. The lowest BCUT2D eigenvalue weighted by atomic mass is 10.1. The standard InChI is InChI=1S/C19H20ClFN2O/c20-18-13-17(21)7-6-16(18)14-22-8-10-23(11-9-22)19(24)12-15-4-2-1-3-5-15/h1-7,13H,8-12,14H2. The number of hydrogen-bond donors (Lipinski definition) is 0. The van der Waals surface area contributed by atoms with Gasteiger partial charge in [-0.3, -0.25) is 9.69 Å². The highest BCUT2D eigenvalue weighted by molar-refractivity contribution is 6.31. The molecule has 1 aliphatic rings. The third-order valence-corrected chi connectivity index (χ3v) is 4.68. The van der Waals surface area contributed by atoms with Gasteiger partial charge in [-0.15, -0.1) is 0 Å². The summed E-state index contributed by atoms with van der Waals surface area (Å²) in [6.07, 6.45) is 0.449. The van der Waals surface area contributed by atoms with Crippen LogP contribution in [0.1, 0.15) is 11.1 Å². The van der Waals surface area contributed by atoms with Crippen molar-refractivity contribution in [3.05, 3.63) is 70.5 Å². The van der Waals surface area contributed by atoms with Crippen molar-refractivity contribution in [1.82, 2.24) is 9.80 Å². The maximum Gasteiger partial charge on any atom is 0.227 e. The third kappa shape index (κ3) is 4.34. The van der Waals surface area contributed by atoms with E-state index in [4.69, 9.17) is 11.6 Å². The zero-order valence-corrected chi connectivity index (χ0v) is 14.2. The Morgan fingerprint density at radius 2 is 1.75 bits per heavy atom. The first-order valence-corrected chi connectivity index (χ1v) is 8.47. The molecule has 24 heavy (non-hydrogen) atoms. The Morgan fingerprint density at radius 3 is 2.42 bits per heavy atom. The minimum absolute atomic E-state index is 0.167. The summed E-state index contributed by atoms with van der Waals surface area (Å²) in [7, 11) is 0. The Hall–Kier alpha value is -1.91. The number of nitrogens with zero attached hydrogens (tertiary/aromatic N) is 2. The molecule has 0 aromatic heterocycles. The highest BCUT2D eigenvalue weighted by atomic mass is 35.5. The van der Waals surface area contributed by atoms with E-state index in [1.165, 1.54) is 12.1 Å². The van der Waals surface area contributed by atoms with Crippen molar-refractivity contribution in [3.8, 4) is 0 Å². The smallest absolute Gasteiger partial charge is 0.227 e. The second-order valence-corrected chi connectivity index (χ2v) is 6.46. The highest BCUT2D eigenvalue weighted by Gasteiger charge is 2.21. The van der Waals surface area contributed by atoms with Crippen LogP contribution in [0.4, 0.5) is 4.39 Å². The van der Waals surface area contributed by atoms with E-state index in [0.717, 1.165) is 24.2 Å². The zero-order chi connectivity index (χ0) is 16.9. The molecule has 1 amide bonds. The summed E-state index contributed by atoms with van der Waals surface area (Å²) < 4.78 is 13.1. The van der Waals surface area contributed by atoms with Crippen molar-refractivity contribution in [2.75, 3.05) is 26.2 Å². The Balaban J connectivity index is 1.51. The van der Waals surface area contributed by atoms with Crippen molar-refractivity contribution in [2.24, 2.45) is 0 Å². The lowest BCUT2D eigenvalue weighted by Crippen LogP contribution is -2.48. The molecule has 3 rings (SSSR count). The highest BCUT2D eigenvalue weighted by Crippen LogP contribution is 2.20. The molecule has 1 aliphatic heterocycles. The molecule has 2 aromatic carbocycles. The van der Waals surface area contributed by atoms with Gasteiger partial charge in [0.15, 0.2) is 0 Å². The lowest BCUT2D eigenvalue weighted by molar-refractivity contribution is -0.132. The van der Waals surface area contributed by atoms with Crippen molar-refractivity contribution in [2.45, 2.75) is 13.0 Å². The van der Waals surface area contributed by atoms with E-state index in [9.17, 15) is 9.18 Å². The summed E-state index contributed by atoms with van der Waals surface area (Å²) in [5.74, 6) is -0.152. The molecule has 0 bridgehead atoms. The predicted octanol–water partition coefficient (Wildman–Crippen LogP) is 3.37. The minimum Gasteiger partial charge on any atom is -0.340 e. The Kier molecular flexibility index (Phi) is 5.48. The molecular weight excluding hydrogens is 327 g/mol. The van der Waals surface area contributed by atoms with Gasteiger partial charge in [-0.05, 0) is 23.3 Å². The summed E-state index contributed by atoms with van der Waals surface area (Å²) in [5, 5.41) is 0.456. The van der Waals surface area contributed by atoms with E-state index >= 15 is 0 Å². The van der Waals surface area contributed by atoms with Gasteiger partial charge in [-0.25, -0.2) is 4.39 Å². The summed E-state index contributed by atoms with van der Waals surface area (Å²) in [5.41, 5.74) is 1.96. The topological polar surface area (TPSA) is 23.6 Å². The molecule has 1 heterocycles. The molecule has 1 fully saturated rings. The number of hydrogen-bond acceptors (Lipinski definition) is 2. The molecule has 0 N–H and O–H groups in total. The fourth-order valence-corrected chi connectivity index (χ4v) is 3.16. The molecule has 2 aromatic rings. The third-order valence-electron chi connectivity index (χ3n) is 4.33.